The molecule has 1 heterocycles. The third-order valence-corrected chi connectivity index (χ3v) is 4.66. The van der Waals surface area contributed by atoms with E-state index in [4.69, 9.17) is 0 Å². The van der Waals surface area contributed by atoms with Gasteiger partial charge in [-0.1, -0.05) is 30.3 Å². The summed E-state index contributed by atoms with van der Waals surface area (Å²) in [7, 11) is 0. The van der Waals surface area contributed by atoms with Crippen molar-refractivity contribution in [3.8, 4) is 5.75 Å². The van der Waals surface area contributed by atoms with Crippen LogP contribution in [0.5, 0.6) is 5.75 Å². The average Bonchev–Trinajstić information content (AvgIpc) is 3.00. The van der Waals surface area contributed by atoms with Gasteiger partial charge in [0.25, 0.3) is 11.8 Å². The normalized spacial score (nSPS) is 14.2. The maximum atomic E-state index is 13.8. The van der Waals surface area contributed by atoms with Crippen molar-refractivity contribution >= 4 is 28.8 Å². The van der Waals surface area contributed by atoms with Crippen LogP contribution in [0.25, 0.3) is 5.57 Å². The number of carbonyl (C=O) groups is 2. The Kier molecular flexibility index (Phi) is 5.59. The zero-order chi connectivity index (χ0) is 23.8. The van der Waals surface area contributed by atoms with Gasteiger partial charge in [-0.25, -0.2) is 13.7 Å². The Labute approximate surface area is 183 Å². The number of hydrogen-bond acceptors (Lipinski definition) is 4. The Hall–Kier alpha value is -4.21. The number of rotatable bonds is 5. The van der Waals surface area contributed by atoms with Gasteiger partial charge in [-0.15, -0.1) is 13.2 Å². The molecule has 0 saturated carbocycles. The molecule has 0 aromatic heterocycles. The minimum atomic E-state index is -4.86. The quantitative estimate of drug-likeness (QED) is 0.417. The van der Waals surface area contributed by atoms with E-state index in [9.17, 15) is 31.5 Å². The lowest BCUT2D eigenvalue weighted by Gasteiger charge is -2.15. The van der Waals surface area contributed by atoms with Crippen molar-refractivity contribution in [2.24, 2.45) is 0 Å². The van der Waals surface area contributed by atoms with Crippen LogP contribution in [0.2, 0.25) is 0 Å². The smallest absolute Gasteiger partial charge is 0.406 e. The third kappa shape index (κ3) is 4.54. The monoisotopic (exact) mass is 460 g/mol. The number of benzene rings is 3. The summed E-state index contributed by atoms with van der Waals surface area (Å²) >= 11 is 0. The Balaban J connectivity index is 1.72. The first-order valence-electron chi connectivity index (χ1n) is 9.40. The number of nitrogens with zero attached hydrogens (tertiary/aromatic N) is 1. The number of hydrogen-bond donors (Lipinski definition) is 1. The molecule has 3 aromatic carbocycles. The molecule has 1 N–H and O–H groups in total. The Bertz CT molecular complexity index is 1260. The second-order valence-electron chi connectivity index (χ2n) is 6.86. The molecule has 0 atom stereocenters. The third-order valence-electron chi connectivity index (χ3n) is 4.66. The van der Waals surface area contributed by atoms with Gasteiger partial charge in [-0.05, 0) is 42.0 Å². The first-order chi connectivity index (χ1) is 15.6. The minimum Gasteiger partial charge on any atom is -0.406 e. The molecule has 1 aliphatic rings. The molecular weight excluding hydrogens is 447 g/mol. The molecule has 10 heteroatoms. The highest BCUT2D eigenvalue weighted by Crippen LogP contribution is 2.34. The lowest BCUT2D eigenvalue weighted by atomic mass is 10.0. The van der Waals surface area contributed by atoms with Crippen LogP contribution >= 0.6 is 0 Å². The minimum absolute atomic E-state index is 0.0408. The van der Waals surface area contributed by atoms with E-state index in [2.05, 4.69) is 10.1 Å². The highest BCUT2D eigenvalue weighted by Gasteiger charge is 2.40. The first-order valence-corrected chi connectivity index (χ1v) is 9.40. The molecule has 33 heavy (non-hydrogen) atoms. The van der Waals surface area contributed by atoms with E-state index in [0.29, 0.717) is 10.5 Å². The van der Waals surface area contributed by atoms with Gasteiger partial charge in [0, 0.05) is 11.8 Å². The average molecular weight is 460 g/mol. The number of alkyl halides is 3. The molecule has 1 aliphatic heterocycles. The fourth-order valence-corrected chi connectivity index (χ4v) is 3.26. The summed E-state index contributed by atoms with van der Waals surface area (Å²) in [6.07, 6.45) is -4.86. The number of anilines is 2. The number of carbonyl (C=O) groups excluding carboxylic acids is 2. The molecular formula is C23H13F5N2O3. The topological polar surface area (TPSA) is 58.6 Å². The summed E-state index contributed by atoms with van der Waals surface area (Å²) < 4.78 is 68.1. The van der Waals surface area contributed by atoms with Gasteiger partial charge in [0.05, 0.1) is 11.3 Å². The molecule has 5 nitrogen and oxygen atoms in total. The van der Waals surface area contributed by atoms with Crippen molar-refractivity contribution in [3.05, 3.63) is 95.7 Å². The van der Waals surface area contributed by atoms with E-state index < -0.39 is 35.6 Å². The molecule has 3 aromatic rings. The molecule has 0 radical (unpaired) electrons. The Morgan fingerprint density at radius 2 is 1.45 bits per heavy atom. The summed E-state index contributed by atoms with van der Waals surface area (Å²) in [5, 5.41) is 2.75. The van der Waals surface area contributed by atoms with Gasteiger partial charge >= 0.3 is 6.36 Å². The van der Waals surface area contributed by atoms with Crippen LogP contribution in [0.1, 0.15) is 5.56 Å². The van der Waals surface area contributed by atoms with Crippen LogP contribution in [-0.2, 0) is 9.59 Å². The molecule has 0 spiro atoms. The molecule has 0 fully saturated rings. The highest BCUT2D eigenvalue weighted by atomic mass is 19.4. The predicted octanol–water partition coefficient (Wildman–Crippen LogP) is 5.26. The van der Waals surface area contributed by atoms with Gasteiger partial charge in [0.1, 0.15) is 11.4 Å². The van der Waals surface area contributed by atoms with Crippen molar-refractivity contribution in [1.82, 2.24) is 0 Å². The van der Waals surface area contributed by atoms with Crippen LogP contribution < -0.4 is 15.0 Å². The summed E-state index contributed by atoms with van der Waals surface area (Å²) in [6, 6.07) is 15.3. The number of halogens is 5. The summed E-state index contributed by atoms with van der Waals surface area (Å²) in [5.41, 5.74) is 0.172. The number of amides is 2. The van der Waals surface area contributed by atoms with Crippen LogP contribution in [0.3, 0.4) is 0 Å². The number of nitrogens with one attached hydrogen (secondary N) is 1. The van der Waals surface area contributed by atoms with E-state index in [1.807, 2.05) is 0 Å². The molecule has 2 amide bonds. The predicted molar refractivity (Wildman–Crippen MR) is 109 cm³/mol. The standard InChI is InChI=1S/C23H13F5N2O3/c24-17-11-8-15(12-18(17)25)30-21(31)19(13-4-2-1-3-5-13)20(22(30)32)29-14-6-9-16(10-7-14)33-23(26,27)28/h1-12,29H. The van der Waals surface area contributed by atoms with E-state index >= 15 is 0 Å². The second-order valence-corrected chi connectivity index (χ2v) is 6.86. The van der Waals surface area contributed by atoms with Crippen molar-refractivity contribution in [2.45, 2.75) is 6.36 Å². The fourth-order valence-electron chi connectivity index (χ4n) is 3.26. The van der Waals surface area contributed by atoms with Crippen molar-refractivity contribution in [2.75, 3.05) is 10.2 Å². The van der Waals surface area contributed by atoms with Crippen molar-refractivity contribution in [1.29, 1.82) is 0 Å². The number of ether oxygens (including phenoxy) is 1. The van der Waals surface area contributed by atoms with Gasteiger partial charge in [-0.2, -0.15) is 0 Å². The van der Waals surface area contributed by atoms with Crippen molar-refractivity contribution < 1.29 is 36.3 Å². The van der Waals surface area contributed by atoms with E-state index in [-0.39, 0.29) is 22.6 Å². The van der Waals surface area contributed by atoms with Crippen LogP contribution in [0, 0.1) is 11.6 Å². The fraction of sp³-hybridized carbons (Fsp3) is 0.0435. The largest absolute Gasteiger partial charge is 0.573 e. The maximum absolute atomic E-state index is 13.8. The lowest BCUT2D eigenvalue weighted by molar-refractivity contribution is -0.274. The molecule has 0 unspecified atom stereocenters. The van der Waals surface area contributed by atoms with Gasteiger partial charge < -0.3 is 10.1 Å². The summed E-state index contributed by atoms with van der Waals surface area (Å²) in [4.78, 5) is 27.0. The maximum Gasteiger partial charge on any atom is 0.573 e. The number of imide groups is 1. The Morgan fingerprint density at radius 1 is 0.788 bits per heavy atom. The summed E-state index contributed by atoms with van der Waals surface area (Å²) in [5.74, 6) is -4.48. The zero-order valence-corrected chi connectivity index (χ0v) is 16.5. The second kappa shape index (κ2) is 8.38. The summed E-state index contributed by atoms with van der Waals surface area (Å²) in [6.45, 7) is 0. The molecule has 0 bridgehead atoms. The van der Waals surface area contributed by atoms with Crippen LogP contribution in [0.15, 0.2) is 78.5 Å². The van der Waals surface area contributed by atoms with Crippen LogP contribution in [-0.4, -0.2) is 18.2 Å². The Morgan fingerprint density at radius 3 is 2.06 bits per heavy atom. The molecule has 168 valence electrons. The van der Waals surface area contributed by atoms with Gasteiger partial charge in [0.2, 0.25) is 0 Å². The van der Waals surface area contributed by atoms with Crippen LogP contribution in [0.4, 0.5) is 33.3 Å². The van der Waals surface area contributed by atoms with Gasteiger partial charge in [0.15, 0.2) is 11.6 Å². The van der Waals surface area contributed by atoms with E-state index in [1.165, 1.54) is 12.1 Å². The molecule has 4 rings (SSSR count). The lowest BCUT2D eigenvalue weighted by Crippen LogP contribution is -2.32. The molecule has 0 saturated heterocycles. The van der Waals surface area contributed by atoms with Gasteiger partial charge in [-0.3, -0.25) is 9.59 Å². The zero-order valence-electron chi connectivity index (χ0n) is 16.5. The van der Waals surface area contributed by atoms with E-state index in [0.717, 1.165) is 30.3 Å². The van der Waals surface area contributed by atoms with E-state index in [1.54, 1.807) is 30.3 Å². The first kappa shape index (κ1) is 22.0. The molecule has 0 aliphatic carbocycles. The highest BCUT2D eigenvalue weighted by molar-refractivity contribution is 6.46. The van der Waals surface area contributed by atoms with Crippen molar-refractivity contribution in [3.63, 3.8) is 0 Å². The SMILES string of the molecule is O=C1C(Nc2ccc(OC(F)(F)F)cc2)=C(c2ccccc2)C(=O)N1c1ccc(F)c(F)c1.